The summed E-state index contributed by atoms with van der Waals surface area (Å²) in [5.41, 5.74) is 0. The lowest BCUT2D eigenvalue weighted by molar-refractivity contribution is -0.124. The van der Waals surface area contributed by atoms with Crippen molar-refractivity contribution in [3.8, 4) is 0 Å². The molecule has 2 rings (SSSR count). The van der Waals surface area contributed by atoms with Crippen molar-refractivity contribution in [3.63, 3.8) is 0 Å². The van der Waals surface area contributed by atoms with Crippen molar-refractivity contribution >= 4 is 28.5 Å². The van der Waals surface area contributed by atoms with E-state index in [1.165, 1.54) is 11.3 Å². The van der Waals surface area contributed by atoms with Crippen molar-refractivity contribution in [2.45, 2.75) is 6.04 Å². The standard InChI is InChI=1S/C11H14N2O3S/c1-12-11(15)9-7-16-5-4-13(9)10-3-2-8(6-14)17-10/h2-3,6,9H,4-5,7H2,1H3,(H,12,15). The molecule has 1 aliphatic rings. The van der Waals surface area contributed by atoms with Gasteiger partial charge in [0.2, 0.25) is 5.91 Å². The molecule has 1 atom stereocenters. The Morgan fingerprint density at radius 2 is 2.47 bits per heavy atom. The Balaban J connectivity index is 2.20. The largest absolute Gasteiger partial charge is 0.377 e. The Morgan fingerprint density at radius 3 is 3.12 bits per heavy atom. The molecule has 92 valence electrons. The lowest BCUT2D eigenvalue weighted by Gasteiger charge is -2.34. The third-order valence-electron chi connectivity index (χ3n) is 2.69. The van der Waals surface area contributed by atoms with Gasteiger partial charge in [-0.3, -0.25) is 9.59 Å². The molecular formula is C11H14N2O3S. The molecule has 2 heterocycles. The third kappa shape index (κ3) is 2.48. The summed E-state index contributed by atoms with van der Waals surface area (Å²) in [6, 6.07) is 3.32. The number of hydrogen-bond donors (Lipinski definition) is 1. The average Bonchev–Trinajstić information content (AvgIpc) is 2.86. The first-order valence-electron chi connectivity index (χ1n) is 5.37. The molecule has 1 aromatic heterocycles. The van der Waals surface area contributed by atoms with Crippen LogP contribution < -0.4 is 10.2 Å². The van der Waals surface area contributed by atoms with Gasteiger partial charge in [0.1, 0.15) is 6.04 Å². The van der Waals surface area contributed by atoms with Gasteiger partial charge in [-0.05, 0) is 12.1 Å². The molecule has 1 N–H and O–H groups in total. The van der Waals surface area contributed by atoms with Gasteiger partial charge in [-0.2, -0.15) is 0 Å². The quantitative estimate of drug-likeness (QED) is 0.799. The number of rotatable bonds is 3. The van der Waals surface area contributed by atoms with Crippen LogP contribution in [0.3, 0.4) is 0 Å². The van der Waals surface area contributed by atoms with Crippen LogP contribution in [0.5, 0.6) is 0 Å². The fourth-order valence-corrected chi connectivity index (χ4v) is 2.71. The van der Waals surface area contributed by atoms with E-state index in [-0.39, 0.29) is 11.9 Å². The van der Waals surface area contributed by atoms with E-state index in [2.05, 4.69) is 5.32 Å². The summed E-state index contributed by atoms with van der Waals surface area (Å²) >= 11 is 1.39. The average molecular weight is 254 g/mol. The maximum atomic E-state index is 11.7. The molecule has 0 radical (unpaired) electrons. The first-order valence-corrected chi connectivity index (χ1v) is 6.19. The van der Waals surface area contributed by atoms with Crippen LogP contribution in [0.2, 0.25) is 0 Å². The van der Waals surface area contributed by atoms with Crippen molar-refractivity contribution in [1.29, 1.82) is 0 Å². The summed E-state index contributed by atoms with van der Waals surface area (Å²) in [4.78, 5) is 25.0. The van der Waals surface area contributed by atoms with Gasteiger partial charge in [0, 0.05) is 13.6 Å². The number of carbonyl (C=O) groups is 2. The molecule has 1 aromatic rings. The van der Waals surface area contributed by atoms with Gasteiger partial charge in [-0.25, -0.2) is 0 Å². The van der Waals surface area contributed by atoms with Crippen LogP contribution in [-0.2, 0) is 9.53 Å². The minimum atomic E-state index is -0.313. The number of anilines is 1. The van der Waals surface area contributed by atoms with E-state index in [0.717, 1.165) is 11.3 Å². The highest BCUT2D eigenvalue weighted by Crippen LogP contribution is 2.28. The van der Waals surface area contributed by atoms with Crippen LogP contribution in [0.15, 0.2) is 12.1 Å². The first-order chi connectivity index (χ1) is 8.26. The predicted octanol–water partition coefficient (Wildman–Crippen LogP) is 0.512. The molecule has 17 heavy (non-hydrogen) atoms. The van der Waals surface area contributed by atoms with Gasteiger partial charge in [0.15, 0.2) is 6.29 Å². The molecular weight excluding hydrogens is 240 g/mol. The van der Waals surface area contributed by atoms with Crippen molar-refractivity contribution < 1.29 is 14.3 Å². The third-order valence-corrected chi connectivity index (χ3v) is 3.74. The Bertz CT molecular complexity index is 419. The molecule has 0 bridgehead atoms. The van der Waals surface area contributed by atoms with Gasteiger partial charge in [-0.15, -0.1) is 11.3 Å². The van der Waals surface area contributed by atoms with Gasteiger partial charge in [-0.1, -0.05) is 0 Å². The van der Waals surface area contributed by atoms with Gasteiger partial charge in [0.25, 0.3) is 0 Å². The monoisotopic (exact) mass is 254 g/mol. The lowest BCUT2D eigenvalue weighted by Crippen LogP contribution is -2.53. The number of nitrogens with zero attached hydrogens (tertiary/aromatic N) is 1. The van der Waals surface area contributed by atoms with E-state index in [1.54, 1.807) is 13.1 Å². The summed E-state index contributed by atoms with van der Waals surface area (Å²) in [5, 5.41) is 3.56. The molecule has 0 spiro atoms. The van der Waals surface area contributed by atoms with Crippen LogP contribution in [0.4, 0.5) is 5.00 Å². The van der Waals surface area contributed by atoms with Crippen LogP contribution in [0, 0.1) is 0 Å². The van der Waals surface area contributed by atoms with Gasteiger partial charge < -0.3 is 15.0 Å². The van der Waals surface area contributed by atoms with Crippen molar-refractivity contribution in [3.05, 3.63) is 17.0 Å². The summed E-state index contributed by atoms with van der Waals surface area (Å²) < 4.78 is 5.32. The number of hydrogen-bond acceptors (Lipinski definition) is 5. The zero-order chi connectivity index (χ0) is 12.3. The molecule has 6 heteroatoms. The predicted molar refractivity (Wildman–Crippen MR) is 65.7 cm³/mol. The number of amides is 1. The molecule has 5 nitrogen and oxygen atoms in total. The lowest BCUT2D eigenvalue weighted by atomic mass is 10.2. The number of nitrogens with one attached hydrogen (secondary N) is 1. The van der Waals surface area contributed by atoms with E-state index in [0.29, 0.717) is 24.6 Å². The van der Waals surface area contributed by atoms with E-state index in [9.17, 15) is 9.59 Å². The maximum Gasteiger partial charge on any atom is 0.244 e. The summed E-state index contributed by atoms with van der Waals surface area (Å²) in [6.45, 7) is 1.65. The smallest absolute Gasteiger partial charge is 0.244 e. The number of thiophene rings is 1. The highest BCUT2D eigenvalue weighted by atomic mass is 32.1. The molecule has 0 aromatic carbocycles. The second-order valence-electron chi connectivity index (χ2n) is 3.69. The SMILES string of the molecule is CNC(=O)C1COCCN1c1ccc(C=O)s1. The second kappa shape index (κ2) is 5.29. The van der Waals surface area contributed by atoms with E-state index in [1.807, 2.05) is 11.0 Å². The highest BCUT2D eigenvalue weighted by molar-refractivity contribution is 7.17. The molecule has 1 saturated heterocycles. The van der Waals surface area contributed by atoms with Gasteiger partial charge >= 0.3 is 0 Å². The second-order valence-corrected chi connectivity index (χ2v) is 4.79. The summed E-state index contributed by atoms with van der Waals surface area (Å²) in [7, 11) is 1.61. The van der Waals surface area contributed by atoms with Crippen molar-refractivity contribution in [2.75, 3.05) is 31.7 Å². The Kier molecular flexibility index (Phi) is 3.75. The van der Waals surface area contributed by atoms with E-state index < -0.39 is 0 Å². The fourth-order valence-electron chi connectivity index (χ4n) is 1.81. The van der Waals surface area contributed by atoms with Gasteiger partial charge in [0.05, 0.1) is 23.1 Å². The van der Waals surface area contributed by atoms with Crippen LogP contribution >= 0.6 is 11.3 Å². The zero-order valence-corrected chi connectivity index (χ0v) is 10.3. The minimum absolute atomic E-state index is 0.0641. The van der Waals surface area contributed by atoms with E-state index >= 15 is 0 Å². The number of morpholine rings is 1. The fraction of sp³-hybridized carbons (Fsp3) is 0.455. The summed E-state index contributed by atoms with van der Waals surface area (Å²) in [5.74, 6) is -0.0641. The minimum Gasteiger partial charge on any atom is -0.377 e. The van der Waals surface area contributed by atoms with Crippen LogP contribution in [-0.4, -0.2) is 45.0 Å². The number of carbonyl (C=O) groups excluding carboxylic acids is 2. The van der Waals surface area contributed by atoms with Crippen LogP contribution in [0.1, 0.15) is 9.67 Å². The normalized spacial score (nSPS) is 20.1. The maximum absolute atomic E-state index is 11.7. The molecule has 0 aliphatic carbocycles. The van der Waals surface area contributed by atoms with Crippen LogP contribution in [0.25, 0.3) is 0 Å². The van der Waals surface area contributed by atoms with Crippen molar-refractivity contribution in [2.24, 2.45) is 0 Å². The van der Waals surface area contributed by atoms with Crippen molar-refractivity contribution in [1.82, 2.24) is 5.32 Å². The molecule has 0 saturated carbocycles. The molecule has 1 fully saturated rings. The summed E-state index contributed by atoms with van der Waals surface area (Å²) in [6.07, 6.45) is 0.823. The topological polar surface area (TPSA) is 58.6 Å². The molecule has 1 aliphatic heterocycles. The zero-order valence-electron chi connectivity index (χ0n) is 9.51. The molecule has 1 amide bonds. The number of aldehydes is 1. The Hall–Kier alpha value is -1.40. The molecule has 1 unspecified atom stereocenters. The highest BCUT2D eigenvalue weighted by Gasteiger charge is 2.29. The Labute approximate surface area is 103 Å². The Morgan fingerprint density at radius 1 is 1.65 bits per heavy atom. The van der Waals surface area contributed by atoms with E-state index in [4.69, 9.17) is 4.74 Å². The number of ether oxygens (including phenoxy) is 1. The first kappa shape index (κ1) is 12.1. The number of likely N-dealkylation sites (N-methyl/N-ethyl adjacent to an activating group) is 1.